The van der Waals surface area contributed by atoms with Crippen LogP contribution in [-0.4, -0.2) is 50.6 Å². The summed E-state index contributed by atoms with van der Waals surface area (Å²) < 4.78 is 20.0. The number of hydrogen-bond donors (Lipinski definition) is 2. The van der Waals surface area contributed by atoms with E-state index >= 15 is 0 Å². The number of phenols is 1. The predicted octanol–water partition coefficient (Wildman–Crippen LogP) is 3.58. The SMILES string of the molecule is C=C(c1cnc(-c2ccc(-c3ccnc(OC)c3)cc2O)nn1)[C@@H]1CC2C=CC(N2)[C@@H]1F. The van der Waals surface area contributed by atoms with Crippen molar-refractivity contribution in [1.82, 2.24) is 25.5 Å². The number of piperidine rings is 1. The number of nitrogens with zero attached hydrogens (tertiary/aromatic N) is 4. The third kappa shape index (κ3) is 3.62. The summed E-state index contributed by atoms with van der Waals surface area (Å²) in [6.45, 7) is 4.07. The molecule has 2 aromatic heterocycles. The van der Waals surface area contributed by atoms with Gasteiger partial charge >= 0.3 is 0 Å². The van der Waals surface area contributed by atoms with Crippen LogP contribution < -0.4 is 10.1 Å². The van der Waals surface area contributed by atoms with E-state index in [9.17, 15) is 9.50 Å². The largest absolute Gasteiger partial charge is 0.507 e. The second-order valence-electron chi connectivity index (χ2n) is 7.98. The van der Waals surface area contributed by atoms with Gasteiger partial charge in [0.1, 0.15) is 17.6 Å². The standard InChI is InChI=1S/C24H22FN5O2/c1-13(18-11-16-4-6-19(28-16)23(18)25)20-12-27-24(30-29-20)17-5-3-14(9-21(17)31)15-7-8-26-22(10-15)32-2/h3-10,12,16,18-19,23,28,31H,1,11H2,2H3/t16?,18-,19?,23+/m0/s1. The van der Waals surface area contributed by atoms with Crippen molar-refractivity contribution in [2.45, 2.75) is 24.7 Å². The fourth-order valence-corrected chi connectivity index (χ4v) is 4.28. The summed E-state index contributed by atoms with van der Waals surface area (Å²) in [7, 11) is 1.55. The molecule has 5 rings (SSSR count). The minimum absolute atomic E-state index is 0.0245. The first-order chi connectivity index (χ1) is 15.5. The van der Waals surface area contributed by atoms with Crippen molar-refractivity contribution < 1.29 is 14.2 Å². The Kier molecular flexibility index (Phi) is 5.14. The highest BCUT2D eigenvalue weighted by molar-refractivity contribution is 5.73. The molecule has 2 unspecified atom stereocenters. The van der Waals surface area contributed by atoms with Crippen LogP contribution in [0.5, 0.6) is 11.6 Å². The van der Waals surface area contributed by atoms with E-state index in [0.717, 1.165) is 11.1 Å². The second kappa shape index (κ2) is 8.12. The van der Waals surface area contributed by atoms with E-state index in [1.54, 1.807) is 31.5 Å². The first kappa shape index (κ1) is 20.3. The number of phenolic OH excluding ortho intramolecular Hbond substituents is 1. The van der Waals surface area contributed by atoms with E-state index in [4.69, 9.17) is 4.74 Å². The normalized spacial score (nSPS) is 23.8. The zero-order valence-corrected chi connectivity index (χ0v) is 17.4. The van der Waals surface area contributed by atoms with Gasteiger partial charge in [0, 0.05) is 24.2 Å². The summed E-state index contributed by atoms with van der Waals surface area (Å²) in [6.07, 6.45) is 6.62. The number of allylic oxidation sites excluding steroid dienone is 1. The summed E-state index contributed by atoms with van der Waals surface area (Å²) in [6, 6.07) is 8.70. The van der Waals surface area contributed by atoms with Crippen molar-refractivity contribution in [2.75, 3.05) is 7.11 Å². The minimum Gasteiger partial charge on any atom is -0.507 e. The minimum atomic E-state index is -1.07. The molecule has 2 aliphatic rings. The topological polar surface area (TPSA) is 93.1 Å². The number of methoxy groups -OCH3 is 1. The lowest BCUT2D eigenvalue weighted by atomic mass is 9.83. The Morgan fingerprint density at radius 2 is 2.00 bits per heavy atom. The van der Waals surface area contributed by atoms with Crippen LogP contribution in [-0.2, 0) is 0 Å². The van der Waals surface area contributed by atoms with Crippen molar-refractivity contribution in [2.24, 2.45) is 5.92 Å². The van der Waals surface area contributed by atoms with Crippen molar-refractivity contribution in [3.63, 3.8) is 0 Å². The average molecular weight is 431 g/mol. The zero-order valence-electron chi connectivity index (χ0n) is 17.4. The Hall–Kier alpha value is -3.65. The molecule has 8 heteroatoms. The maximum absolute atomic E-state index is 14.8. The number of ether oxygens (including phenoxy) is 1. The monoisotopic (exact) mass is 431 g/mol. The molecule has 0 spiro atoms. The first-order valence-corrected chi connectivity index (χ1v) is 10.3. The Morgan fingerprint density at radius 3 is 2.75 bits per heavy atom. The number of nitrogens with one attached hydrogen (secondary N) is 1. The predicted molar refractivity (Wildman–Crippen MR) is 119 cm³/mol. The van der Waals surface area contributed by atoms with Crippen LogP contribution in [0.1, 0.15) is 12.1 Å². The van der Waals surface area contributed by atoms with E-state index in [0.29, 0.717) is 29.1 Å². The van der Waals surface area contributed by atoms with Crippen LogP contribution in [0, 0.1) is 5.92 Å². The maximum Gasteiger partial charge on any atom is 0.213 e. The number of benzene rings is 1. The lowest BCUT2D eigenvalue weighted by molar-refractivity contribution is 0.179. The highest BCUT2D eigenvalue weighted by atomic mass is 19.1. The first-order valence-electron chi connectivity index (χ1n) is 10.3. The summed E-state index contributed by atoms with van der Waals surface area (Å²) in [5.74, 6) is 0.453. The zero-order chi connectivity index (χ0) is 22.2. The van der Waals surface area contributed by atoms with Gasteiger partial charge in [0.2, 0.25) is 5.88 Å². The maximum atomic E-state index is 14.8. The number of alkyl halides is 1. The van der Waals surface area contributed by atoms with E-state index in [-0.39, 0.29) is 29.6 Å². The van der Waals surface area contributed by atoms with E-state index < -0.39 is 6.17 Å². The second-order valence-corrected chi connectivity index (χ2v) is 7.98. The summed E-state index contributed by atoms with van der Waals surface area (Å²) >= 11 is 0. The summed E-state index contributed by atoms with van der Waals surface area (Å²) in [4.78, 5) is 8.45. The van der Waals surface area contributed by atoms with E-state index in [1.807, 2.05) is 24.3 Å². The van der Waals surface area contributed by atoms with E-state index in [2.05, 4.69) is 32.1 Å². The smallest absolute Gasteiger partial charge is 0.213 e. The Labute approximate surface area is 184 Å². The number of aromatic hydroxyl groups is 1. The third-order valence-corrected chi connectivity index (χ3v) is 6.05. The van der Waals surface area contributed by atoms with Gasteiger partial charge in [0.15, 0.2) is 5.82 Å². The molecular weight excluding hydrogens is 409 g/mol. The van der Waals surface area contributed by atoms with Gasteiger partial charge in [0.25, 0.3) is 0 Å². The molecule has 2 N–H and O–H groups in total. The highest BCUT2D eigenvalue weighted by Crippen LogP contribution is 2.37. The number of fused-ring (bicyclic) bond motifs is 2. The van der Waals surface area contributed by atoms with Gasteiger partial charge in [0.05, 0.1) is 24.9 Å². The summed E-state index contributed by atoms with van der Waals surface area (Å²) in [5, 5.41) is 22.2. The van der Waals surface area contributed by atoms with Gasteiger partial charge in [-0.1, -0.05) is 24.8 Å². The molecule has 0 radical (unpaired) electrons. The average Bonchev–Trinajstić information content (AvgIpc) is 3.24. The number of aromatic nitrogens is 4. The quantitative estimate of drug-likeness (QED) is 0.597. The molecule has 0 amide bonds. The molecule has 7 nitrogen and oxygen atoms in total. The molecule has 32 heavy (non-hydrogen) atoms. The number of pyridine rings is 1. The molecule has 0 aliphatic carbocycles. The van der Waals surface area contributed by atoms with Gasteiger partial charge in [-0.05, 0) is 41.3 Å². The fourth-order valence-electron chi connectivity index (χ4n) is 4.28. The van der Waals surface area contributed by atoms with Crippen LogP contribution in [0.4, 0.5) is 4.39 Å². The van der Waals surface area contributed by atoms with Crippen LogP contribution in [0.15, 0.2) is 61.5 Å². The van der Waals surface area contributed by atoms with Crippen molar-refractivity contribution in [3.05, 3.63) is 67.2 Å². The highest BCUT2D eigenvalue weighted by Gasteiger charge is 2.40. The van der Waals surface area contributed by atoms with Gasteiger partial charge in [-0.15, -0.1) is 10.2 Å². The molecule has 4 atom stereocenters. The van der Waals surface area contributed by atoms with Crippen LogP contribution in [0.3, 0.4) is 0 Å². The molecule has 0 saturated carbocycles. The van der Waals surface area contributed by atoms with Crippen LogP contribution >= 0.6 is 0 Å². The molecule has 2 bridgehead atoms. The third-order valence-electron chi connectivity index (χ3n) is 6.05. The lowest BCUT2D eigenvalue weighted by Crippen LogP contribution is -2.47. The molecular formula is C24H22FN5O2. The molecule has 1 fully saturated rings. The molecule has 1 saturated heterocycles. The molecule has 1 aromatic carbocycles. The van der Waals surface area contributed by atoms with Crippen molar-refractivity contribution in [3.8, 4) is 34.1 Å². The number of hydrogen-bond acceptors (Lipinski definition) is 7. The van der Waals surface area contributed by atoms with Gasteiger partial charge < -0.3 is 15.2 Å². The van der Waals surface area contributed by atoms with Gasteiger partial charge in [-0.2, -0.15) is 0 Å². The van der Waals surface area contributed by atoms with Crippen LogP contribution in [0.2, 0.25) is 0 Å². The van der Waals surface area contributed by atoms with Crippen molar-refractivity contribution in [1.29, 1.82) is 0 Å². The Balaban J connectivity index is 1.36. The molecule has 3 aromatic rings. The summed E-state index contributed by atoms with van der Waals surface area (Å²) in [5.41, 5.74) is 3.16. The number of halogens is 1. The van der Waals surface area contributed by atoms with E-state index in [1.165, 1.54) is 6.20 Å². The molecule has 2 aliphatic heterocycles. The van der Waals surface area contributed by atoms with Gasteiger partial charge in [-0.3, -0.25) is 0 Å². The van der Waals surface area contributed by atoms with Crippen molar-refractivity contribution >= 4 is 5.57 Å². The van der Waals surface area contributed by atoms with Gasteiger partial charge in [-0.25, -0.2) is 14.4 Å². The molecule has 162 valence electrons. The lowest BCUT2D eigenvalue weighted by Gasteiger charge is -2.33. The van der Waals surface area contributed by atoms with Crippen LogP contribution in [0.25, 0.3) is 28.1 Å². The Bertz CT molecular complexity index is 1200. The Morgan fingerprint density at radius 1 is 1.16 bits per heavy atom. The fraction of sp³-hybridized carbons (Fsp3) is 0.250. The molecule has 4 heterocycles. The number of rotatable bonds is 5.